The third kappa shape index (κ3) is 4.45. The van der Waals surface area contributed by atoms with Gasteiger partial charge in [-0.25, -0.2) is 0 Å². The van der Waals surface area contributed by atoms with Gasteiger partial charge in [-0.2, -0.15) is 0 Å². The summed E-state index contributed by atoms with van der Waals surface area (Å²) in [6.45, 7) is 5.25. The van der Waals surface area contributed by atoms with Crippen LogP contribution in [0.2, 0.25) is 0 Å². The number of benzene rings is 1. The first kappa shape index (κ1) is 16.3. The lowest BCUT2D eigenvalue weighted by Crippen LogP contribution is -2.48. The fourth-order valence-corrected chi connectivity index (χ4v) is 3.30. The number of carbonyl (C=O) groups is 1. The van der Waals surface area contributed by atoms with Gasteiger partial charge in [0, 0.05) is 18.6 Å². The van der Waals surface area contributed by atoms with Crippen molar-refractivity contribution in [3.05, 3.63) is 28.2 Å². The van der Waals surface area contributed by atoms with Gasteiger partial charge in [0.15, 0.2) is 0 Å². The van der Waals surface area contributed by atoms with E-state index in [2.05, 4.69) is 22.9 Å². The standard InChI is InChI=1S/C16H23BrN2O2/c1-11-3-4-15(14(17)9-11)21-8-6-16(20)19-7-5-13(18)10-12(19)2/h3-4,9,12-13H,5-8,10,18H2,1-2H3/t12-,13-/m0/s1. The van der Waals surface area contributed by atoms with Crippen molar-refractivity contribution in [1.29, 1.82) is 0 Å². The third-order valence-corrected chi connectivity index (χ3v) is 4.52. The molecule has 116 valence electrons. The second-order valence-electron chi connectivity index (χ2n) is 5.75. The van der Waals surface area contributed by atoms with Gasteiger partial charge in [-0.1, -0.05) is 6.07 Å². The van der Waals surface area contributed by atoms with Crippen molar-refractivity contribution in [3.63, 3.8) is 0 Å². The average molecular weight is 355 g/mol. The van der Waals surface area contributed by atoms with Crippen LogP contribution in [0.4, 0.5) is 0 Å². The van der Waals surface area contributed by atoms with Crippen molar-refractivity contribution in [1.82, 2.24) is 4.90 Å². The van der Waals surface area contributed by atoms with E-state index in [0.29, 0.717) is 13.0 Å². The summed E-state index contributed by atoms with van der Waals surface area (Å²) in [6, 6.07) is 6.38. The summed E-state index contributed by atoms with van der Waals surface area (Å²) >= 11 is 3.47. The Morgan fingerprint density at radius 2 is 2.29 bits per heavy atom. The number of rotatable bonds is 4. The Balaban J connectivity index is 1.81. The monoisotopic (exact) mass is 354 g/mol. The molecule has 2 N–H and O–H groups in total. The van der Waals surface area contributed by atoms with E-state index in [9.17, 15) is 4.79 Å². The fourth-order valence-electron chi connectivity index (χ4n) is 2.69. The summed E-state index contributed by atoms with van der Waals surface area (Å²) in [6.07, 6.45) is 2.18. The van der Waals surface area contributed by atoms with Crippen LogP contribution in [-0.4, -0.2) is 36.0 Å². The number of ether oxygens (including phenoxy) is 1. The average Bonchev–Trinajstić information content (AvgIpc) is 2.41. The SMILES string of the molecule is Cc1ccc(OCCC(=O)N2CC[C@H](N)C[C@@H]2C)c(Br)c1. The lowest BCUT2D eigenvalue weighted by atomic mass is 9.99. The van der Waals surface area contributed by atoms with Crippen LogP contribution in [0, 0.1) is 6.92 Å². The minimum atomic E-state index is 0.151. The van der Waals surface area contributed by atoms with Crippen LogP contribution in [0.3, 0.4) is 0 Å². The Hall–Kier alpha value is -1.07. The number of aryl methyl sites for hydroxylation is 1. The molecule has 2 atom stereocenters. The van der Waals surface area contributed by atoms with E-state index in [0.717, 1.165) is 29.6 Å². The normalized spacial score (nSPS) is 22.2. The molecule has 1 aromatic carbocycles. The Kier molecular flexibility index (Phi) is 5.65. The number of nitrogens with two attached hydrogens (primary N) is 1. The number of halogens is 1. The number of hydrogen-bond donors (Lipinski definition) is 1. The summed E-state index contributed by atoms with van der Waals surface area (Å²) in [7, 11) is 0. The fraction of sp³-hybridized carbons (Fsp3) is 0.562. The minimum absolute atomic E-state index is 0.151. The minimum Gasteiger partial charge on any atom is -0.492 e. The predicted octanol–water partition coefficient (Wildman–Crippen LogP) is 2.86. The highest BCUT2D eigenvalue weighted by atomic mass is 79.9. The molecule has 1 saturated heterocycles. The van der Waals surface area contributed by atoms with Crippen LogP contribution < -0.4 is 10.5 Å². The lowest BCUT2D eigenvalue weighted by molar-refractivity contribution is -0.135. The highest BCUT2D eigenvalue weighted by Crippen LogP contribution is 2.26. The molecule has 4 nitrogen and oxygen atoms in total. The molecule has 0 saturated carbocycles. The first-order valence-corrected chi connectivity index (χ1v) is 8.20. The summed E-state index contributed by atoms with van der Waals surface area (Å²) in [5.41, 5.74) is 7.09. The highest BCUT2D eigenvalue weighted by molar-refractivity contribution is 9.10. The largest absolute Gasteiger partial charge is 0.492 e. The molecule has 1 aliphatic rings. The maximum atomic E-state index is 12.2. The van der Waals surface area contributed by atoms with Crippen molar-refractivity contribution in [2.75, 3.05) is 13.2 Å². The number of amides is 1. The predicted molar refractivity (Wildman–Crippen MR) is 87.4 cm³/mol. The van der Waals surface area contributed by atoms with Crippen molar-refractivity contribution < 1.29 is 9.53 Å². The van der Waals surface area contributed by atoms with E-state index in [1.165, 1.54) is 5.56 Å². The number of hydrogen-bond acceptors (Lipinski definition) is 3. The maximum Gasteiger partial charge on any atom is 0.226 e. The summed E-state index contributed by atoms with van der Waals surface area (Å²) in [5.74, 6) is 0.930. The van der Waals surface area contributed by atoms with Crippen LogP contribution in [0.1, 0.15) is 31.7 Å². The maximum absolute atomic E-state index is 12.2. The van der Waals surface area contributed by atoms with Gasteiger partial charge < -0.3 is 15.4 Å². The molecule has 1 fully saturated rings. The van der Waals surface area contributed by atoms with E-state index in [1.807, 2.05) is 30.0 Å². The van der Waals surface area contributed by atoms with Crippen LogP contribution in [0.25, 0.3) is 0 Å². The molecule has 0 unspecified atom stereocenters. The highest BCUT2D eigenvalue weighted by Gasteiger charge is 2.26. The molecule has 1 heterocycles. The lowest BCUT2D eigenvalue weighted by Gasteiger charge is -2.36. The molecule has 1 aliphatic heterocycles. The molecular formula is C16H23BrN2O2. The molecule has 0 spiro atoms. The zero-order valence-corrected chi connectivity index (χ0v) is 14.2. The van der Waals surface area contributed by atoms with E-state index in [1.54, 1.807) is 0 Å². The molecule has 0 radical (unpaired) electrons. The molecule has 1 aromatic rings. The smallest absolute Gasteiger partial charge is 0.226 e. The Morgan fingerprint density at radius 1 is 1.52 bits per heavy atom. The first-order chi connectivity index (χ1) is 9.97. The van der Waals surface area contributed by atoms with E-state index in [4.69, 9.17) is 10.5 Å². The van der Waals surface area contributed by atoms with Gasteiger partial charge in [-0.15, -0.1) is 0 Å². The quantitative estimate of drug-likeness (QED) is 0.904. The van der Waals surface area contributed by atoms with Crippen molar-refractivity contribution in [2.45, 2.75) is 45.2 Å². The zero-order valence-electron chi connectivity index (χ0n) is 12.6. The number of nitrogens with zero attached hydrogens (tertiary/aromatic N) is 1. The van der Waals surface area contributed by atoms with Crippen LogP contribution in [0.15, 0.2) is 22.7 Å². The number of piperidine rings is 1. The molecule has 0 aromatic heterocycles. The Morgan fingerprint density at radius 3 is 2.95 bits per heavy atom. The van der Waals surface area contributed by atoms with Crippen molar-refractivity contribution in [3.8, 4) is 5.75 Å². The van der Waals surface area contributed by atoms with E-state index < -0.39 is 0 Å². The molecular weight excluding hydrogens is 332 g/mol. The van der Waals surface area contributed by atoms with Gasteiger partial charge in [0.25, 0.3) is 0 Å². The van der Waals surface area contributed by atoms with E-state index >= 15 is 0 Å². The van der Waals surface area contributed by atoms with Gasteiger partial charge in [0.2, 0.25) is 5.91 Å². The molecule has 5 heteroatoms. The first-order valence-electron chi connectivity index (χ1n) is 7.41. The van der Waals surface area contributed by atoms with Gasteiger partial charge in [-0.05, 0) is 60.3 Å². The molecule has 21 heavy (non-hydrogen) atoms. The Bertz CT molecular complexity index is 507. The molecule has 0 bridgehead atoms. The van der Waals surface area contributed by atoms with Crippen molar-refractivity contribution >= 4 is 21.8 Å². The van der Waals surface area contributed by atoms with E-state index in [-0.39, 0.29) is 18.0 Å². The van der Waals surface area contributed by atoms with Crippen LogP contribution in [-0.2, 0) is 4.79 Å². The van der Waals surface area contributed by atoms with Crippen LogP contribution in [0.5, 0.6) is 5.75 Å². The Labute approximate surface area is 134 Å². The second-order valence-corrected chi connectivity index (χ2v) is 6.61. The second kappa shape index (κ2) is 7.27. The van der Waals surface area contributed by atoms with Gasteiger partial charge in [0.1, 0.15) is 5.75 Å². The van der Waals surface area contributed by atoms with Gasteiger partial charge in [-0.3, -0.25) is 4.79 Å². The summed E-state index contributed by atoms with van der Waals surface area (Å²) < 4.78 is 6.61. The topological polar surface area (TPSA) is 55.6 Å². The number of likely N-dealkylation sites (tertiary alicyclic amines) is 1. The summed E-state index contributed by atoms with van der Waals surface area (Å²) in [5, 5.41) is 0. The van der Waals surface area contributed by atoms with Gasteiger partial charge in [0.05, 0.1) is 17.5 Å². The van der Waals surface area contributed by atoms with Crippen molar-refractivity contribution in [2.24, 2.45) is 5.73 Å². The van der Waals surface area contributed by atoms with Gasteiger partial charge >= 0.3 is 0 Å². The zero-order chi connectivity index (χ0) is 15.4. The third-order valence-electron chi connectivity index (χ3n) is 3.90. The molecule has 0 aliphatic carbocycles. The summed E-state index contributed by atoms with van der Waals surface area (Å²) in [4.78, 5) is 14.2. The van der Waals surface area contributed by atoms with Crippen LogP contribution >= 0.6 is 15.9 Å². The molecule has 2 rings (SSSR count). The molecule has 1 amide bonds. The number of carbonyl (C=O) groups excluding carboxylic acids is 1.